The lowest BCUT2D eigenvalue weighted by Gasteiger charge is -2.23. The second kappa shape index (κ2) is 6.38. The normalized spacial score (nSPS) is 22.8. The van der Waals surface area contributed by atoms with Crippen LogP contribution in [0.3, 0.4) is 0 Å². The van der Waals surface area contributed by atoms with Gasteiger partial charge >= 0.3 is 6.03 Å². The number of methoxy groups -OCH3 is 1. The van der Waals surface area contributed by atoms with Crippen LogP contribution in [0.2, 0.25) is 0 Å². The molecular formula is C17H22N2O3. The molecule has 1 aliphatic carbocycles. The molecule has 1 saturated heterocycles. The van der Waals surface area contributed by atoms with Crippen molar-refractivity contribution in [2.24, 2.45) is 5.92 Å². The Morgan fingerprint density at radius 2 is 1.82 bits per heavy atom. The Hall–Kier alpha value is -2.04. The van der Waals surface area contributed by atoms with Gasteiger partial charge < -0.3 is 10.1 Å². The fourth-order valence-corrected chi connectivity index (χ4v) is 3.42. The molecule has 1 heterocycles. The first kappa shape index (κ1) is 14.9. The molecule has 1 unspecified atom stereocenters. The quantitative estimate of drug-likeness (QED) is 0.870. The van der Waals surface area contributed by atoms with Crippen molar-refractivity contribution < 1.29 is 14.3 Å². The number of benzene rings is 1. The van der Waals surface area contributed by atoms with Gasteiger partial charge in [0.05, 0.1) is 12.8 Å². The highest BCUT2D eigenvalue weighted by Crippen LogP contribution is 2.30. The molecule has 22 heavy (non-hydrogen) atoms. The second-order valence-corrected chi connectivity index (χ2v) is 6.11. The van der Waals surface area contributed by atoms with Crippen LogP contribution in [0.15, 0.2) is 24.3 Å². The molecule has 3 amide bonds. The molecule has 3 rings (SSSR count). The van der Waals surface area contributed by atoms with E-state index in [1.54, 1.807) is 31.4 Å². The molecular weight excluding hydrogens is 280 g/mol. The highest BCUT2D eigenvalue weighted by atomic mass is 16.5. The molecule has 0 radical (unpaired) electrons. The number of rotatable bonds is 4. The largest absolute Gasteiger partial charge is 0.497 e. The standard InChI is InChI=1S/C17H22N2O3/c1-22-14-9-7-13(8-10-14)19-16(20)15(18-17(19)21)11-12-5-3-2-4-6-12/h7-10,12,15H,2-6,11H2,1H3,(H,18,21). The van der Waals surface area contributed by atoms with Crippen molar-refractivity contribution in [3.63, 3.8) is 0 Å². The zero-order valence-electron chi connectivity index (χ0n) is 12.9. The van der Waals surface area contributed by atoms with E-state index < -0.39 is 0 Å². The summed E-state index contributed by atoms with van der Waals surface area (Å²) in [5.74, 6) is 1.12. The molecule has 1 aliphatic heterocycles. The molecule has 1 saturated carbocycles. The fraction of sp³-hybridized carbons (Fsp3) is 0.529. The first-order chi connectivity index (χ1) is 10.7. The molecule has 5 nitrogen and oxygen atoms in total. The first-order valence-electron chi connectivity index (χ1n) is 7.97. The van der Waals surface area contributed by atoms with E-state index in [1.807, 2.05) is 0 Å². The Morgan fingerprint density at radius 3 is 2.45 bits per heavy atom. The van der Waals surface area contributed by atoms with Crippen molar-refractivity contribution >= 4 is 17.6 Å². The minimum atomic E-state index is -0.377. The number of carbonyl (C=O) groups is 2. The zero-order chi connectivity index (χ0) is 15.5. The summed E-state index contributed by atoms with van der Waals surface area (Å²) in [5.41, 5.74) is 0.592. The fourth-order valence-electron chi connectivity index (χ4n) is 3.42. The minimum absolute atomic E-state index is 0.138. The summed E-state index contributed by atoms with van der Waals surface area (Å²) in [6.07, 6.45) is 6.87. The lowest BCUT2D eigenvalue weighted by atomic mass is 9.85. The summed E-state index contributed by atoms with van der Waals surface area (Å²) in [7, 11) is 1.59. The van der Waals surface area contributed by atoms with Gasteiger partial charge in [-0.1, -0.05) is 32.1 Å². The number of hydrogen-bond acceptors (Lipinski definition) is 3. The van der Waals surface area contributed by atoms with Crippen molar-refractivity contribution in [2.45, 2.75) is 44.6 Å². The summed E-state index contributed by atoms with van der Waals surface area (Å²) >= 11 is 0. The van der Waals surface area contributed by atoms with Gasteiger partial charge in [0.2, 0.25) is 0 Å². The molecule has 1 N–H and O–H groups in total. The molecule has 2 fully saturated rings. The number of urea groups is 1. The molecule has 0 aromatic heterocycles. The number of anilines is 1. The number of ether oxygens (including phenoxy) is 1. The van der Waals surface area contributed by atoms with Crippen molar-refractivity contribution in [1.29, 1.82) is 0 Å². The van der Waals surface area contributed by atoms with Crippen LogP contribution in [0.25, 0.3) is 0 Å². The van der Waals surface area contributed by atoms with Gasteiger partial charge in [-0.15, -0.1) is 0 Å². The summed E-state index contributed by atoms with van der Waals surface area (Å²) in [5, 5.41) is 2.83. The van der Waals surface area contributed by atoms with Crippen LogP contribution in [0.4, 0.5) is 10.5 Å². The predicted octanol–water partition coefficient (Wildman–Crippen LogP) is 3.09. The van der Waals surface area contributed by atoms with Crippen LogP contribution >= 0.6 is 0 Å². The number of imide groups is 1. The van der Waals surface area contributed by atoms with Crippen LogP contribution in [-0.2, 0) is 4.79 Å². The van der Waals surface area contributed by atoms with E-state index in [2.05, 4.69) is 5.32 Å². The molecule has 118 valence electrons. The number of carbonyl (C=O) groups excluding carboxylic acids is 2. The number of hydrogen-bond donors (Lipinski definition) is 1. The highest BCUT2D eigenvalue weighted by molar-refractivity contribution is 6.21. The summed E-state index contributed by atoms with van der Waals surface area (Å²) in [6.45, 7) is 0. The molecule has 1 aromatic rings. The molecule has 2 aliphatic rings. The molecule has 5 heteroatoms. The number of amides is 3. The van der Waals surface area contributed by atoms with E-state index in [1.165, 1.54) is 37.0 Å². The third kappa shape index (κ3) is 2.93. The molecule has 1 aromatic carbocycles. The van der Waals surface area contributed by atoms with Gasteiger partial charge in [-0.2, -0.15) is 0 Å². The number of nitrogens with zero attached hydrogens (tertiary/aromatic N) is 1. The van der Waals surface area contributed by atoms with Crippen LogP contribution in [0.1, 0.15) is 38.5 Å². The molecule has 0 bridgehead atoms. The summed E-state index contributed by atoms with van der Waals surface area (Å²) in [4.78, 5) is 26.0. The van der Waals surface area contributed by atoms with Crippen LogP contribution in [-0.4, -0.2) is 25.1 Å². The smallest absolute Gasteiger partial charge is 0.329 e. The van der Waals surface area contributed by atoms with Gasteiger partial charge in [-0.3, -0.25) is 4.79 Å². The summed E-state index contributed by atoms with van der Waals surface area (Å²) in [6, 6.07) is 6.28. The Morgan fingerprint density at radius 1 is 1.14 bits per heavy atom. The third-order valence-electron chi connectivity index (χ3n) is 4.64. The molecule has 0 spiro atoms. The van der Waals surface area contributed by atoms with Crippen LogP contribution < -0.4 is 15.0 Å². The Balaban J connectivity index is 1.70. The summed E-state index contributed by atoms with van der Waals surface area (Å²) < 4.78 is 5.10. The second-order valence-electron chi connectivity index (χ2n) is 6.11. The van der Waals surface area contributed by atoms with Gasteiger partial charge in [0.15, 0.2) is 0 Å². The van der Waals surface area contributed by atoms with Crippen LogP contribution in [0, 0.1) is 5.92 Å². The van der Waals surface area contributed by atoms with Crippen molar-refractivity contribution in [3.05, 3.63) is 24.3 Å². The third-order valence-corrected chi connectivity index (χ3v) is 4.64. The highest BCUT2D eigenvalue weighted by Gasteiger charge is 2.40. The Bertz CT molecular complexity index is 550. The average Bonchev–Trinajstić information content (AvgIpc) is 2.82. The Kier molecular flexibility index (Phi) is 4.32. The van der Waals surface area contributed by atoms with Gasteiger partial charge in [0, 0.05) is 0 Å². The van der Waals surface area contributed by atoms with Gasteiger partial charge in [-0.05, 0) is 36.6 Å². The predicted molar refractivity (Wildman–Crippen MR) is 84.0 cm³/mol. The SMILES string of the molecule is COc1ccc(N2C(=O)NC(CC3CCCCC3)C2=O)cc1. The van der Waals surface area contributed by atoms with E-state index in [4.69, 9.17) is 4.74 Å². The lowest BCUT2D eigenvalue weighted by Crippen LogP contribution is -2.32. The van der Waals surface area contributed by atoms with Gasteiger partial charge in [-0.25, -0.2) is 9.69 Å². The van der Waals surface area contributed by atoms with E-state index in [9.17, 15) is 9.59 Å². The topological polar surface area (TPSA) is 58.6 Å². The van der Waals surface area contributed by atoms with Gasteiger partial charge in [0.25, 0.3) is 5.91 Å². The van der Waals surface area contributed by atoms with E-state index in [0.717, 1.165) is 6.42 Å². The van der Waals surface area contributed by atoms with Crippen molar-refractivity contribution in [2.75, 3.05) is 12.0 Å². The van der Waals surface area contributed by atoms with Crippen LogP contribution in [0.5, 0.6) is 5.75 Å². The molecule has 1 atom stereocenters. The monoisotopic (exact) mass is 302 g/mol. The van der Waals surface area contributed by atoms with Gasteiger partial charge in [0.1, 0.15) is 11.8 Å². The van der Waals surface area contributed by atoms with E-state index in [0.29, 0.717) is 17.4 Å². The minimum Gasteiger partial charge on any atom is -0.497 e. The maximum Gasteiger partial charge on any atom is 0.329 e. The van der Waals surface area contributed by atoms with E-state index >= 15 is 0 Å². The first-order valence-corrected chi connectivity index (χ1v) is 7.97. The van der Waals surface area contributed by atoms with Crippen molar-refractivity contribution in [1.82, 2.24) is 5.32 Å². The maximum atomic E-state index is 12.6. The van der Waals surface area contributed by atoms with E-state index in [-0.39, 0.29) is 18.0 Å². The zero-order valence-corrected chi connectivity index (χ0v) is 12.9. The maximum absolute atomic E-state index is 12.6. The Labute approximate surface area is 130 Å². The lowest BCUT2D eigenvalue weighted by molar-refractivity contribution is -0.118. The van der Waals surface area contributed by atoms with Crippen molar-refractivity contribution in [3.8, 4) is 5.75 Å². The number of nitrogens with one attached hydrogen (secondary N) is 1. The average molecular weight is 302 g/mol.